The van der Waals surface area contributed by atoms with Gasteiger partial charge in [-0.05, 0) is 22.2 Å². The first kappa shape index (κ1) is 13.1. The summed E-state index contributed by atoms with van der Waals surface area (Å²) in [6.45, 7) is 0.390. The van der Waals surface area contributed by atoms with Crippen LogP contribution in [0.25, 0.3) is 0 Å². The summed E-state index contributed by atoms with van der Waals surface area (Å²) < 4.78 is 5.13. The van der Waals surface area contributed by atoms with Gasteiger partial charge < -0.3 is 14.8 Å². The highest BCUT2D eigenvalue weighted by Crippen LogP contribution is 2.23. The molecule has 1 aliphatic rings. The second kappa shape index (κ2) is 5.21. The van der Waals surface area contributed by atoms with Crippen LogP contribution in [0.1, 0.15) is 33.2 Å². The summed E-state index contributed by atoms with van der Waals surface area (Å²) in [6, 6.07) is 12.2. The van der Waals surface area contributed by atoms with Gasteiger partial charge in [0.25, 0.3) is 0 Å². The highest BCUT2D eigenvalue weighted by molar-refractivity contribution is 6.61. The largest absolute Gasteiger partial charge is 0.491 e. The van der Waals surface area contributed by atoms with E-state index < -0.39 is 13.2 Å². The molecule has 0 aliphatic carbocycles. The first-order chi connectivity index (χ1) is 9.69. The van der Waals surface area contributed by atoms with Crippen LogP contribution in [0.4, 0.5) is 0 Å². The molecule has 2 aromatic rings. The Kier molecular flexibility index (Phi) is 3.40. The lowest BCUT2D eigenvalue weighted by Gasteiger charge is -2.13. The number of carbonyl (C=O) groups is 1. The Morgan fingerprint density at radius 1 is 1.15 bits per heavy atom. The van der Waals surface area contributed by atoms with E-state index in [1.165, 1.54) is 0 Å². The van der Waals surface area contributed by atoms with Crippen LogP contribution in [0, 0.1) is 0 Å². The zero-order chi connectivity index (χ0) is 14.1. The van der Waals surface area contributed by atoms with Crippen molar-refractivity contribution in [2.24, 2.45) is 0 Å². The van der Waals surface area contributed by atoms with E-state index in [0.29, 0.717) is 28.8 Å². The second-order valence-electron chi connectivity index (χ2n) is 4.81. The number of hydrogen-bond donors (Lipinski definition) is 2. The molecule has 20 heavy (non-hydrogen) atoms. The summed E-state index contributed by atoms with van der Waals surface area (Å²) in [5.41, 5.74) is 3.59. The van der Waals surface area contributed by atoms with E-state index in [2.05, 4.69) is 0 Å². The molecule has 100 valence electrons. The van der Waals surface area contributed by atoms with Crippen molar-refractivity contribution >= 4 is 18.9 Å². The molecule has 0 radical (unpaired) electrons. The van der Waals surface area contributed by atoms with Crippen LogP contribution in [0.2, 0.25) is 0 Å². The maximum Gasteiger partial charge on any atom is 0.491 e. The molecule has 2 N–H and O–H groups in total. The van der Waals surface area contributed by atoms with Crippen molar-refractivity contribution in [2.75, 3.05) is 0 Å². The molecule has 1 atom stereocenters. The number of aldehydes is 1. The van der Waals surface area contributed by atoms with E-state index in [9.17, 15) is 14.9 Å². The highest BCUT2D eigenvalue weighted by Gasteiger charge is 2.28. The number of rotatable bonds is 3. The van der Waals surface area contributed by atoms with Gasteiger partial charge in [-0.25, -0.2) is 0 Å². The van der Waals surface area contributed by atoms with E-state index in [1.54, 1.807) is 30.3 Å². The number of benzene rings is 2. The minimum atomic E-state index is -0.922. The number of hydrogen-bond acceptors (Lipinski definition) is 4. The van der Waals surface area contributed by atoms with E-state index in [0.717, 1.165) is 11.8 Å². The molecule has 4 nitrogen and oxygen atoms in total. The van der Waals surface area contributed by atoms with Gasteiger partial charge in [-0.3, -0.25) is 4.79 Å². The Hall–Kier alpha value is -1.95. The molecule has 5 heteroatoms. The third-order valence-corrected chi connectivity index (χ3v) is 3.54. The minimum Gasteiger partial charge on any atom is -0.423 e. The van der Waals surface area contributed by atoms with Crippen LogP contribution < -0.4 is 5.46 Å². The van der Waals surface area contributed by atoms with Crippen molar-refractivity contribution in [2.45, 2.75) is 12.7 Å². The molecule has 1 unspecified atom stereocenters. The van der Waals surface area contributed by atoms with Crippen LogP contribution >= 0.6 is 0 Å². The Balaban J connectivity index is 1.91. The van der Waals surface area contributed by atoms with Gasteiger partial charge in [0, 0.05) is 5.56 Å². The molecule has 0 aromatic heterocycles. The molecule has 0 amide bonds. The molecule has 1 heterocycles. The maximum absolute atomic E-state index is 10.6. The van der Waals surface area contributed by atoms with Gasteiger partial charge in [0.15, 0.2) is 0 Å². The summed E-state index contributed by atoms with van der Waals surface area (Å²) in [4.78, 5) is 10.6. The lowest BCUT2D eigenvalue weighted by Crippen LogP contribution is -2.28. The zero-order valence-corrected chi connectivity index (χ0v) is 10.7. The Morgan fingerprint density at radius 3 is 2.55 bits per heavy atom. The standard InChI is InChI=1S/C15H13BO4/c17-8-10-1-3-11(4-2-10)15(18)12-5-6-13-9-20-16(19)14(13)7-12/h1-8,15,18-19H,9H2. The predicted octanol–water partition coefficient (Wildman–Crippen LogP) is 0.798. The predicted molar refractivity (Wildman–Crippen MR) is 74.7 cm³/mol. The fraction of sp³-hybridized carbons (Fsp3) is 0.133. The minimum absolute atomic E-state index is 0.390. The second-order valence-corrected chi connectivity index (χ2v) is 4.81. The lowest BCUT2D eigenvalue weighted by molar-refractivity contribution is 0.112. The fourth-order valence-corrected chi connectivity index (χ4v) is 2.35. The first-order valence-electron chi connectivity index (χ1n) is 6.34. The molecule has 0 fully saturated rings. The van der Waals surface area contributed by atoms with E-state index in [4.69, 9.17) is 4.65 Å². The number of aliphatic hydroxyl groups is 1. The van der Waals surface area contributed by atoms with E-state index in [1.807, 2.05) is 12.1 Å². The van der Waals surface area contributed by atoms with Crippen LogP contribution in [0.5, 0.6) is 0 Å². The fourth-order valence-electron chi connectivity index (χ4n) is 2.35. The maximum atomic E-state index is 10.6. The topological polar surface area (TPSA) is 66.8 Å². The molecule has 0 spiro atoms. The van der Waals surface area contributed by atoms with Crippen LogP contribution in [-0.4, -0.2) is 23.5 Å². The average molecular weight is 268 g/mol. The monoisotopic (exact) mass is 268 g/mol. The van der Waals surface area contributed by atoms with Gasteiger partial charge in [0.05, 0.1) is 6.61 Å². The summed E-state index contributed by atoms with van der Waals surface area (Å²) in [5, 5.41) is 20.0. The smallest absolute Gasteiger partial charge is 0.423 e. The van der Waals surface area contributed by atoms with Crippen molar-refractivity contribution in [3.63, 3.8) is 0 Å². The first-order valence-corrected chi connectivity index (χ1v) is 6.34. The van der Waals surface area contributed by atoms with Crippen molar-refractivity contribution in [1.29, 1.82) is 0 Å². The molecule has 0 saturated heterocycles. The van der Waals surface area contributed by atoms with Gasteiger partial charge in [-0.2, -0.15) is 0 Å². The van der Waals surface area contributed by atoms with Gasteiger partial charge in [-0.1, -0.05) is 42.5 Å². The van der Waals surface area contributed by atoms with Crippen LogP contribution in [0.3, 0.4) is 0 Å². The quantitative estimate of drug-likeness (QED) is 0.638. The molecule has 0 saturated carbocycles. The van der Waals surface area contributed by atoms with Gasteiger partial charge in [0.2, 0.25) is 0 Å². The third-order valence-electron chi connectivity index (χ3n) is 3.54. The molecule has 2 aromatic carbocycles. The molecule has 0 bridgehead atoms. The van der Waals surface area contributed by atoms with Gasteiger partial charge >= 0.3 is 7.12 Å². The van der Waals surface area contributed by atoms with Gasteiger partial charge in [0.1, 0.15) is 12.4 Å². The number of aliphatic hydroxyl groups excluding tert-OH is 1. The average Bonchev–Trinajstić information content (AvgIpc) is 2.87. The molecule has 3 rings (SSSR count). The third kappa shape index (κ3) is 2.27. The van der Waals surface area contributed by atoms with E-state index >= 15 is 0 Å². The summed E-state index contributed by atoms with van der Waals surface area (Å²) in [6.07, 6.45) is -0.0343. The van der Waals surface area contributed by atoms with Gasteiger partial charge in [-0.15, -0.1) is 0 Å². The highest BCUT2D eigenvalue weighted by atomic mass is 16.5. The van der Waals surface area contributed by atoms with Crippen LogP contribution in [-0.2, 0) is 11.3 Å². The van der Waals surface area contributed by atoms with E-state index in [-0.39, 0.29) is 0 Å². The normalized spacial score (nSPS) is 15.0. The zero-order valence-electron chi connectivity index (χ0n) is 10.7. The van der Waals surface area contributed by atoms with Crippen molar-refractivity contribution in [1.82, 2.24) is 0 Å². The Bertz CT molecular complexity index is 639. The van der Waals surface area contributed by atoms with Crippen LogP contribution in [0.15, 0.2) is 42.5 Å². The molecule has 1 aliphatic heterocycles. The summed E-state index contributed by atoms with van der Waals surface area (Å²) in [7, 11) is -0.922. The summed E-state index contributed by atoms with van der Waals surface area (Å²) >= 11 is 0. The Labute approximate surface area is 116 Å². The Morgan fingerprint density at radius 2 is 1.85 bits per heavy atom. The number of fused-ring (bicyclic) bond motifs is 1. The van der Waals surface area contributed by atoms with Crippen molar-refractivity contribution in [3.8, 4) is 0 Å². The number of carbonyl (C=O) groups excluding carboxylic acids is 1. The SMILES string of the molecule is O=Cc1ccc(C(O)c2ccc3c(c2)B(O)OC3)cc1. The summed E-state index contributed by atoms with van der Waals surface area (Å²) in [5.74, 6) is 0. The molecular formula is C15H13BO4. The molecular weight excluding hydrogens is 255 g/mol. The van der Waals surface area contributed by atoms with Crippen molar-refractivity contribution < 1.29 is 19.6 Å². The van der Waals surface area contributed by atoms with Crippen molar-refractivity contribution in [3.05, 3.63) is 64.7 Å². The lowest BCUT2D eigenvalue weighted by atomic mass is 9.78.